The van der Waals surface area contributed by atoms with E-state index in [1.54, 1.807) is 18.1 Å². The molecule has 0 unspecified atom stereocenters. The number of hydrogen-bond acceptors (Lipinski definition) is 12. The summed E-state index contributed by atoms with van der Waals surface area (Å²) in [6.07, 6.45) is 5.82. The maximum atomic E-state index is 14.6. The molecule has 16 nitrogen and oxygen atoms in total. The smallest absolute Gasteiger partial charge is 0.324 e. The first-order valence-corrected chi connectivity index (χ1v) is 24.5. The summed E-state index contributed by atoms with van der Waals surface area (Å²) < 4.78 is 13.8. The maximum absolute atomic E-state index is 14.6. The Kier molecular flexibility index (Phi) is 21.8. The highest BCUT2D eigenvalue weighted by atomic mass is 32.1. The van der Waals surface area contributed by atoms with Crippen molar-refractivity contribution in [2.24, 2.45) is 17.3 Å². The number of thiazole rings is 1. The van der Waals surface area contributed by atoms with Gasteiger partial charge in [0, 0.05) is 98.0 Å². The lowest BCUT2D eigenvalue weighted by Gasteiger charge is -2.36. The van der Waals surface area contributed by atoms with Gasteiger partial charge in [-0.25, -0.2) is 10.4 Å². The third-order valence-corrected chi connectivity index (χ3v) is 14.2. The molecule has 7 heterocycles. The number of pyridine rings is 1. The predicted molar refractivity (Wildman–Crippen MR) is 297 cm³/mol. The number of ether oxygens (including phenoxy) is 2. The SMILES string of the molecule is CCn1c(-c2cccnc2)c2c3cc(ccc31)-c1csc(n1)C[C@H](NC(=O)[C@H](C(C)C)N(C)C(=O)[C@H]1CCN(C(=O)C#CCN3CCOCC3)C1)C(=O)N1CCC[C@H](N1)C(=O)OCC(C)(C)C2.S.S.S.S. The van der Waals surface area contributed by atoms with Crippen molar-refractivity contribution in [2.45, 2.75) is 91.4 Å². The number of amides is 4. The van der Waals surface area contributed by atoms with Crippen LogP contribution in [0.2, 0.25) is 0 Å². The average molecular weight is 1070 g/mol. The number of hydrogen-bond donors (Lipinski definition) is 2. The lowest BCUT2D eigenvalue weighted by molar-refractivity contribution is -0.155. The number of hydrazine groups is 1. The van der Waals surface area contributed by atoms with Crippen molar-refractivity contribution in [1.82, 2.24) is 45.0 Å². The van der Waals surface area contributed by atoms with E-state index in [4.69, 9.17) is 14.5 Å². The van der Waals surface area contributed by atoms with Gasteiger partial charge in [-0.1, -0.05) is 39.7 Å². The number of benzene rings is 1. The van der Waals surface area contributed by atoms with E-state index in [1.807, 2.05) is 31.5 Å². The molecule has 0 aliphatic carbocycles. The summed E-state index contributed by atoms with van der Waals surface area (Å²) in [7, 11) is 1.61. The van der Waals surface area contributed by atoms with E-state index >= 15 is 0 Å². The van der Waals surface area contributed by atoms with Gasteiger partial charge in [0.05, 0.1) is 48.7 Å². The molecular formula is C50H71N9O7S5. The Balaban J connectivity index is 0.00000274. The van der Waals surface area contributed by atoms with Crippen LogP contribution < -0.4 is 10.7 Å². The van der Waals surface area contributed by atoms with Crippen molar-refractivity contribution in [3.05, 3.63) is 58.7 Å². The molecule has 2 N–H and O–H groups in total. The van der Waals surface area contributed by atoms with E-state index in [2.05, 4.69) is 82.1 Å². The summed E-state index contributed by atoms with van der Waals surface area (Å²) in [5.74, 6) is 2.96. The highest BCUT2D eigenvalue weighted by molar-refractivity contribution is 7.59. The van der Waals surface area contributed by atoms with Crippen LogP contribution in [0.15, 0.2) is 48.1 Å². The highest BCUT2D eigenvalue weighted by Crippen LogP contribution is 2.40. The molecule has 3 fully saturated rings. The largest absolute Gasteiger partial charge is 0.464 e. The Bertz CT molecular complexity index is 2560. The number of morpholine rings is 1. The number of nitrogens with zero attached hydrogens (tertiary/aromatic N) is 7. The second kappa shape index (κ2) is 26.1. The van der Waals surface area contributed by atoms with Gasteiger partial charge in [-0.3, -0.25) is 38.9 Å². The molecule has 6 bridgehead atoms. The van der Waals surface area contributed by atoms with Gasteiger partial charge >= 0.3 is 5.97 Å². The topological polar surface area (TPSA) is 172 Å². The van der Waals surface area contributed by atoms with Gasteiger partial charge in [0.2, 0.25) is 11.8 Å². The second-order valence-electron chi connectivity index (χ2n) is 19.3. The summed E-state index contributed by atoms with van der Waals surface area (Å²) in [5.41, 5.74) is 8.61. The number of aryl methyl sites for hydroxylation is 1. The summed E-state index contributed by atoms with van der Waals surface area (Å²) >= 11 is 1.41. The van der Waals surface area contributed by atoms with E-state index in [-0.39, 0.29) is 91.3 Å². The van der Waals surface area contributed by atoms with Crippen LogP contribution in [0.5, 0.6) is 0 Å². The van der Waals surface area contributed by atoms with Gasteiger partial charge in [-0.05, 0) is 74.3 Å². The third-order valence-electron chi connectivity index (χ3n) is 13.3. The Morgan fingerprint density at radius 2 is 1.79 bits per heavy atom. The van der Waals surface area contributed by atoms with Gasteiger partial charge < -0.3 is 29.2 Å². The lowest BCUT2D eigenvalue weighted by atomic mass is 9.84. The van der Waals surface area contributed by atoms with Gasteiger partial charge in [-0.2, -0.15) is 54.0 Å². The van der Waals surface area contributed by atoms with Crippen molar-refractivity contribution in [3.8, 4) is 34.4 Å². The van der Waals surface area contributed by atoms with E-state index < -0.39 is 47.2 Å². The number of carbonyl (C=O) groups is 5. The number of likely N-dealkylation sites (tertiary alicyclic amines) is 1. The zero-order chi connectivity index (χ0) is 47.4. The molecule has 3 aromatic heterocycles. The minimum atomic E-state index is -1.08. The van der Waals surface area contributed by atoms with Crippen LogP contribution in [-0.4, -0.2) is 148 Å². The minimum Gasteiger partial charge on any atom is -0.464 e. The highest BCUT2D eigenvalue weighted by Gasteiger charge is 2.40. The molecule has 388 valence electrons. The fraction of sp³-hybridized carbons (Fsp3) is 0.540. The number of cyclic esters (lactones) is 1. The second-order valence-corrected chi connectivity index (χ2v) is 20.2. The molecule has 71 heavy (non-hydrogen) atoms. The third kappa shape index (κ3) is 13.7. The van der Waals surface area contributed by atoms with Crippen molar-refractivity contribution in [1.29, 1.82) is 0 Å². The summed E-state index contributed by atoms with van der Waals surface area (Å²) in [4.78, 5) is 84.8. The van der Waals surface area contributed by atoms with Crippen LogP contribution in [0.25, 0.3) is 33.4 Å². The standard InChI is InChI=1S/C50H63N9O7S.4H2S/c1-7-58-41-15-14-33-25-36(41)37(45(58)34-11-8-17-51-28-34)27-50(4,5)31-66-49(64)38-12-9-19-59(54-38)48(63)39(26-42-52-40(33)30-67-42)53-46(61)44(32(2)3)55(6)47(62)35-16-20-57(29-35)43(60)13-10-18-56-21-23-65-24-22-56;;;;/h8,11,14-15,17,25,28,30,32,35,38-39,44,54H,7,9,12,16,18-24,26-27,29,31H2,1-6H3,(H,53,61);4*1H2/t35-,38-,39-,44-;;;;/m0..../s1. The monoisotopic (exact) mass is 1070 g/mol. The molecule has 3 saturated heterocycles. The quantitative estimate of drug-likeness (QED) is 0.187. The molecule has 4 aromatic rings. The fourth-order valence-electron chi connectivity index (χ4n) is 9.86. The number of fused-ring (bicyclic) bond motifs is 6. The molecule has 4 atom stereocenters. The van der Waals surface area contributed by atoms with Crippen LogP contribution >= 0.6 is 65.3 Å². The molecule has 0 saturated carbocycles. The zero-order valence-electron chi connectivity index (χ0n) is 41.5. The molecular weight excluding hydrogens is 999 g/mol. The van der Waals surface area contributed by atoms with Gasteiger partial charge in [0.15, 0.2) is 0 Å². The molecule has 4 aliphatic rings. The molecule has 21 heteroatoms. The first-order chi connectivity index (χ1) is 32.2. The summed E-state index contributed by atoms with van der Waals surface area (Å²) in [6.45, 7) is 15.2. The van der Waals surface area contributed by atoms with Crippen molar-refractivity contribution < 1.29 is 33.4 Å². The molecule has 4 amide bonds. The van der Waals surface area contributed by atoms with Crippen LogP contribution in [0.4, 0.5) is 0 Å². The van der Waals surface area contributed by atoms with E-state index in [0.29, 0.717) is 63.5 Å². The number of likely N-dealkylation sites (N-methyl/N-ethyl adjacent to an activating group) is 1. The average Bonchev–Trinajstić information content (AvgIpc) is 4.09. The van der Waals surface area contributed by atoms with Crippen LogP contribution in [0.1, 0.15) is 64.5 Å². The van der Waals surface area contributed by atoms with Crippen LogP contribution in [0.3, 0.4) is 0 Å². The van der Waals surface area contributed by atoms with E-state index in [0.717, 1.165) is 58.6 Å². The molecule has 1 aromatic carbocycles. The Morgan fingerprint density at radius 3 is 2.49 bits per heavy atom. The molecule has 0 radical (unpaired) electrons. The zero-order valence-corrected chi connectivity index (χ0v) is 46.3. The van der Waals surface area contributed by atoms with Gasteiger partial charge in [-0.15, -0.1) is 11.3 Å². The van der Waals surface area contributed by atoms with Crippen LogP contribution in [-0.2, 0) is 52.8 Å². The fourth-order valence-corrected chi connectivity index (χ4v) is 10.7. The maximum Gasteiger partial charge on any atom is 0.324 e. The number of carbonyl (C=O) groups excluding carboxylic acids is 5. The molecule has 4 aliphatic heterocycles. The van der Waals surface area contributed by atoms with Gasteiger partial charge in [0.1, 0.15) is 18.1 Å². The molecule has 0 spiro atoms. The first kappa shape index (κ1) is 59.3. The van der Waals surface area contributed by atoms with E-state index in [1.165, 1.54) is 21.2 Å². The Hall–Kier alpha value is -4.27. The van der Waals surface area contributed by atoms with Crippen molar-refractivity contribution in [3.63, 3.8) is 0 Å². The summed E-state index contributed by atoms with van der Waals surface area (Å²) in [5, 5.41) is 8.14. The van der Waals surface area contributed by atoms with Crippen molar-refractivity contribution >= 4 is 106 Å². The Labute approximate surface area is 449 Å². The number of aromatic nitrogens is 3. The first-order valence-electron chi connectivity index (χ1n) is 23.6. The number of rotatable bonds is 8. The summed E-state index contributed by atoms with van der Waals surface area (Å²) in [6, 6.07) is 7.60. The minimum absolute atomic E-state index is 0. The van der Waals surface area contributed by atoms with E-state index in [9.17, 15) is 24.0 Å². The lowest BCUT2D eigenvalue weighted by Crippen LogP contribution is -2.62. The molecule has 8 rings (SSSR count). The van der Waals surface area contributed by atoms with Gasteiger partial charge in [0.25, 0.3) is 11.8 Å². The van der Waals surface area contributed by atoms with Crippen molar-refractivity contribution in [2.75, 3.05) is 66.1 Å². The number of nitrogens with one attached hydrogen (secondary N) is 2. The van der Waals surface area contributed by atoms with Crippen LogP contribution in [0, 0.1) is 29.1 Å². The normalized spacial score (nSPS) is 20.6. The number of esters is 1. The Morgan fingerprint density at radius 1 is 1.03 bits per heavy atom. The predicted octanol–water partition coefficient (Wildman–Crippen LogP) is 4.61.